The van der Waals surface area contributed by atoms with Gasteiger partial charge in [0, 0.05) is 21.8 Å². The van der Waals surface area contributed by atoms with Crippen LogP contribution in [0.15, 0.2) is 100 Å². The largest absolute Gasteiger partial charge is 0.252 e. The summed E-state index contributed by atoms with van der Waals surface area (Å²) in [7, 11) is 0. The lowest BCUT2D eigenvalue weighted by Gasteiger charge is -2.31. The third kappa shape index (κ3) is 3.45. The fourth-order valence-electron chi connectivity index (χ4n) is 4.30. The Morgan fingerprint density at radius 2 is 1.54 bits per heavy atom. The molecule has 0 saturated heterocycles. The van der Waals surface area contributed by atoms with Gasteiger partial charge in [0.05, 0.1) is 5.69 Å². The van der Waals surface area contributed by atoms with Crippen LogP contribution in [0.3, 0.4) is 0 Å². The summed E-state index contributed by atoms with van der Waals surface area (Å²) in [6, 6.07) is 30.3. The summed E-state index contributed by atoms with van der Waals surface area (Å²) in [4.78, 5) is 6.53. The van der Waals surface area contributed by atoms with E-state index in [9.17, 15) is 0 Å². The first-order valence-electron chi connectivity index (χ1n) is 10.0. The van der Waals surface area contributed by atoms with Crippen molar-refractivity contribution >= 4 is 29.2 Å². The number of nitrogens with zero attached hydrogens (tertiary/aromatic N) is 1. The van der Waals surface area contributed by atoms with Gasteiger partial charge in [0.25, 0.3) is 0 Å². The molecule has 1 saturated carbocycles. The molecule has 0 radical (unpaired) electrons. The van der Waals surface area contributed by atoms with Gasteiger partial charge in [-0.2, -0.15) is 0 Å². The van der Waals surface area contributed by atoms with E-state index in [0.29, 0.717) is 11.2 Å². The number of para-hydroxylation sites is 1. The molecule has 0 amide bonds. The van der Waals surface area contributed by atoms with Crippen molar-refractivity contribution < 1.29 is 0 Å². The zero-order chi connectivity index (χ0) is 18.8. The number of hydrogen-bond acceptors (Lipinski definition) is 2. The monoisotopic (exact) mass is 381 g/mol. The van der Waals surface area contributed by atoms with Gasteiger partial charge in [-0.25, -0.2) is 0 Å². The van der Waals surface area contributed by atoms with Gasteiger partial charge in [-0.15, -0.1) is 11.8 Å². The second kappa shape index (κ2) is 7.81. The van der Waals surface area contributed by atoms with E-state index in [2.05, 4.69) is 91.0 Å². The van der Waals surface area contributed by atoms with E-state index in [4.69, 9.17) is 4.99 Å². The highest BCUT2D eigenvalue weighted by atomic mass is 32.2. The molecule has 3 aromatic rings. The molecule has 1 nitrogen and oxygen atoms in total. The number of benzene rings is 3. The quantitative estimate of drug-likeness (QED) is 0.448. The summed E-state index contributed by atoms with van der Waals surface area (Å²) in [5.41, 5.74) is 6.49. The molecule has 2 atom stereocenters. The van der Waals surface area contributed by atoms with Crippen molar-refractivity contribution in [3.05, 3.63) is 102 Å². The first kappa shape index (κ1) is 17.5. The van der Waals surface area contributed by atoms with Gasteiger partial charge in [-0.05, 0) is 54.2 Å². The first-order chi connectivity index (χ1) is 13.9. The zero-order valence-electron chi connectivity index (χ0n) is 15.8. The van der Waals surface area contributed by atoms with E-state index in [1.54, 1.807) is 0 Å². The molecule has 1 heterocycles. The molecule has 0 unspecified atom stereocenters. The second-order valence-electron chi connectivity index (χ2n) is 7.49. The average Bonchev–Trinajstić information content (AvgIpc) is 2.93. The van der Waals surface area contributed by atoms with Crippen LogP contribution in [0.4, 0.5) is 5.69 Å². The maximum atomic E-state index is 5.24. The van der Waals surface area contributed by atoms with E-state index in [1.165, 1.54) is 40.1 Å². The second-order valence-corrected chi connectivity index (χ2v) is 8.68. The highest BCUT2D eigenvalue weighted by Gasteiger charge is 2.35. The maximum Gasteiger partial charge on any atom is 0.0769 e. The highest BCUT2D eigenvalue weighted by molar-refractivity contribution is 7.99. The molecule has 0 spiro atoms. The lowest BCUT2D eigenvalue weighted by Crippen LogP contribution is -2.25. The van der Waals surface area contributed by atoms with Crippen molar-refractivity contribution in [2.24, 2.45) is 10.9 Å². The lowest BCUT2D eigenvalue weighted by atomic mass is 9.79. The number of thioether (sulfide) groups is 1. The van der Waals surface area contributed by atoms with Crippen LogP contribution in [-0.2, 0) is 0 Å². The lowest BCUT2D eigenvalue weighted by molar-refractivity contribution is 0.555. The average molecular weight is 382 g/mol. The number of allylic oxidation sites excluding steroid dienone is 1. The standard InChI is InChI=1S/C26H23NS/c1-3-10-19(11-4-1)18-21-14-9-15-22-25(21)27-23-16-7-8-17-24(23)28-26(22)20-12-5-2-6-13-20/h1-8,10-13,16-18,22,26H,9,14-15H2/b21-18-/t22-,26-/m1/s1. The third-order valence-corrected chi connectivity index (χ3v) is 7.09. The van der Waals surface area contributed by atoms with Crippen LogP contribution >= 0.6 is 11.8 Å². The van der Waals surface area contributed by atoms with Crippen molar-refractivity contribution in [2.45, 2.75) is 29.4 Å². The number of rotatable bonds is 2. The minimum atomic E-state index is 0.406. The molecule has 3 aromatic carbocycles. The predicted molar refractivity (Wildman–Crippen MR) is 120 cm³/mol. The molecule has 5 rings (SSSR count). The molecule has 1 aliphatic heterocycles. The van der Waals surface area contributed by atoms with E-state index in [0.717, 1.165) is 12.1 Å². The normalized spacial score (nSPS) is 22.7. The fourth-order valence-corrected chi connectivity index (χ4v) is 5.69. The Balaban J connectivity index is 1.64. The highest BCUT2D eigenvalue weighted by Crippen LogP contribution is 2.51. The minimum absolute atomic E-state index is 0.406. The molecule has 0 aromatic heterocycles. The summed E-state index contributed by atoms with van der Waals surface area (Å²) >= 11 is 1.98. The van der Waals surface area contributed by atoms with Crippen molar-refractivity contribution in [1.29, 1.82) is 0 Å². The molecule has 1 aliphatic carbocycles. The zero-order valence-corrected chi connectivity index (χ0v) is 16.6. The minimum Gasteiger partial charge on any atom is -0.252 e. The van der Waals surface area contributed by atoms with Crippen LogP contribution in [0.25, 0.3) is 6.08 Å². The Morgan fingerprint density at radius 3 is 2.36 bits per heavy atom. The van der Waals surface area contributed by atoms with Crippen LogP contribution in [0.5, 0.6) is 0 Å². The van der Waals surface area contributed by atoms with Crippen LogP contribution < -0.4 is 0 Å². The summed E-state index contributed by atoms with van der Waals surface area (Å²) in [5, 5.41) is 0.406. The van der Waals surface area contributed by atoms with E-state index in [-0.39, 0.29) is 0 Å². The van der Waals surface area contributed by atoms with Gasteiger partial charge in [0.15, 0.2) is 0 Å². The van der Waals surface area contributed by atoms with Gasteiger partial charge < -0.3 is 0 Å². The molecular weight excluding hydrogens is 358 g/mol. The summed E-state index contributed by atoms with van der Waals surface area (Å²) in [6.07, 6.45) is 5.89. The molecule has 138 valence electrons. The Labute approximate surface area is 171 Å². The molecular formula is C26H23NS. The number of fused-ring (bicyclic) bond motifs is 2. The Bertz CT molecular complexity index is 1020. The molecule has 2 aliphatic rings. The summed E-state index contributed by atoms with van der Waals surface area (Å²) in [5.74, 6) is 0.448. The molecule has 0 N–H and O–H groups in total. The maximum absolute atomic E-state index is 5.24. The van der Waals surface area contributed by atoms with Gasteiger partial charge in [0.2, 0.25) is 0 Å². The van der Waals surface area contributed by atoms with Gasteiger partial charge in [-0.1, -0.05) is 72.8 Å². The predicted octanol–water partition coefficient (Wildman–Crippen LogP) is 7.49. The smallest absolute Gasteiger partial charge is 0.0769 e. The van der Waals surface area contributed by atoms with Gasteiger partial charge >= 0.3 is 0 Å². The van der Waals surface area contributed by atoms with Crippen molar-refractivity contribution in [3.8, 4) is 0 Å². The Kier molecular flexibility index (Phi) is 4.88. The molecule has 1 fully saturated rings. The SMILES string of the molecule is C(=C1\CCC[C@@H]2C1=Nc1ccccc1S[C@@H]2c1ccccc1)/c1ccccc1. The first-order valence-corrected chi connectivity index (χ1v) is 10.9. The van der Waals surface area contributed by atoms with Gasteiger partial charge in [0.1, 0.15) is 0 Å². The van der Waals surface area contributed by atoms with Crippen molar-refractivity contribution in [3.63, 3.8) is 0 Å². The van der Waals surface area contributed by atoms with Crippen LogP contribution in [-0.4, -0.2) is 5.71 Å². The van der Waals surface area contributed by atoms with E-state index in [1.807, 2.05) is 11.8 Å². The third-order valence-electron chi connectivity index (χ3n) is 5.64. The van der Waals surface area contributed by atoms with E-state index >= 15 is 0 Å². The molecule has 2 heteroatoms. The molecule has 0 bridgehead atoms. The molecule has 28 heavy (non-hydrogen) atoms. The topological polar surface area (TPSA) is 12.4 Å². The summed E-state index contributed by atoms with van der Waals surface area (Å²) in [6.45, 7) is 0. The Morgan fingerprint density at radius 1 is 0.821 bits per heavy atom. The van der Waals surface area contributed by atoms with E-state index < -0.39 is 0 Å². The Hall–Kier alpha value is -2.58. The van der Waals surface area contributed by atoms with Gasteiger partial charge in [-0.3, -0.25) is 4.99 Å². The van der Waals surface area contributed by atoms with Crippen LogP contribution in [0.1, 0.15) is 35.6 Å². The number of aliphatic imine (C=N–C) groups is 1. The van der Waals surface area contributed by atoms with Crippen molar-refractivity contribution in [2.75, 3.05) is 0 Å². The fraction of sp³-hybridized carbons (Fsp3) is 0.192. The van der Waals surface area contributed by atoms with Crippen LogP contribution in [0.2, 0.25) is 0 Å². The summed E-state index contributed by atoms with van der Waals surface area (Å²) < 4.78 is 0. The van der Waals surface area contributed by atoms with Crippen LogP contribution in [0, 0.1) is 5.92 Å². The van der Waals surface area contributed by atoms with Crippen molar-refractivity contribution in [1.82, 2.24) is 0 Å². The number of hydrogen-bond donors (Lipinski definition) is 0.